The van der Waals surface area contributed by atoms with Gasteiger partial charge in [-0.2, -0.15) is 9.78 Å². The summed E-state index contributed by atoms with van der Waals surface area (Å²) in [7, 11) is 1.79. The second-order valence-corrected chi connectivity index (χ2v) is 8.92. The van der Waals surface area contributed by atoms with Crippen molar-refractivity contribution in [3.8, 4) is 17.0 Å². The molecule has 1 saturated carbocycles. The summed E-state index contributed by atoms with van der Waals surface area (Å²) in [5.74, 6) is -0.0104. The minimum Gasteiger partial charge on any atom is -0.507 e. The topological polar surface area (TPSA) is 101 Å². The van der Waals surface area contributed by atoms with Gasteiger partial charge in [-0.3, -0.25) is 4.79 Å². The number of phenols is 1. The molecule has 2 aromatic heterocycles. The van der Waals surface area contributed by atoms with Crippen LogP contribution in [0.2, 0.25) is 0 Å². The van der Waals surface area contributed by atoms with Crippen LogP contribution >= 0.6 is 0 Å². The monoisotopic (exact) mass is 469 g/mol. The van der Waals surface area contributed by atoms with Gasteiger partial charge in [-0.15, -0.1) is 0 Å². The Bertz CT molecular complexity index is 1410. The number of benzene rings is 2. The second-order valence-electron chi connectivity index (χ2n) is 8.92. The van der Waals surface area contributed by atoms with Crippen LogP contribution in [0.1, 0.15) is 46.1 Å². The molecule has 1 aliphatic carbocycles. The fourth-order valence-electron chi connectivity index (χ4n) is 4.13. The van der Waals surface area contributed by atoms with Crippen LogP contribution in [0.15, 0.2) is 66.9 Å². The van der Waals surface area contributed by atoms with Crippen molar-refractivity contribution in [2.75, 3.05) is 5.32 Å². The Morgan fingerprint density at radius 3 is 2.57 bits per heavy atom. The predicted octanol–water partition coefficient (Wildman–Crippen LogP) is 4.79. The van der Waals surface area contributed by atoms with Gasteiger partial charge in [0.25, 0.3) is 5.91 Å². The molecule has 4 aromatic rings. The first kappa shape index (κ1) is 22.5. The van der Waals surface area contributed by atoms with Gasteiger partial charge < -0.3 is 20.3 Å². The first-order chi connectivity index (χ1) is 16.9. The zero-order valence-electron chi connectivity index (χ0n) is 19.7. The molecule has 8 heteroatoms. The van der Waals surface area contributed by atoms with Crippen molar-refractivity contribution in [3.05, 3.63) is 89.4 Å². The third kappa shape index (κ3) is 4.68. The lowest BCUT2D eigenvalue weighted by atomic mass is 10.1. The summed E-state index contributed by atoms with van der Waals surface area (Å²) in [6.07, 6.45) is 3.80. The lowest BCUT2D eigenvalue weighted by Gasteiger charge is -2.10. The lowest BCUT2D eigenvalue weighted by molar-refractivity contribution is 0.101. The second kappa shape index (κ2) is 9.13. The van der Waals surface area contributed by atoms with E-state index in [9.17, 15) is 14.7 Å². The fraction of sp³-hybridized carbons (Fsp3) is 0.222. The van der Waals surface area contributed by atoms with Gasteiger partial charge in [-0.1, -0.05) is 24.3 Å². The number of aromatic hydroxyl groups is 1. The summed E-state index contributed by atoms with van der Waals surface area (Å²) in [5.41, 5.74) is 4.98. The molecule has 0 unspecified atom stereocenters. The number of rotatable bonds is 6. The van der Waals surface area contributed by atoms with Crippen molar-refractivity contribution in [1.82, 2.24) is 19.7 Å². The van der Waals surface area contributed by atoms with E-state index in [0.717, 1.165) is 29.7 Å². The molecule has 2 heterocycles. The maximum Gasteiger partial charge on any atom is 0.342 e. The smallest absolute Gasteiger partial charge is 0.342 e. The highest BCUT2D eigenvalue weighted by Gasteiger charge is 2.30. The molecule has 35 heavy (non-hydrogen) atoms. The Kier molecular flexibility index (Phi) is 5.86. The SMILES string of the molecule is Cc1ccccc1CNC(=O)n1nc(-c2ccc(NC(=O)c3cccn3C)cc2O)cc1C1CC1. The van der Waals surface area contributed by atoms with Crippen molar-refractivity contribution >= 4 is 17.6 Å². The van der Waals surface area contributed by atoms with E-state index in [1.54, 1.807) is 42.1 Å². The van der Waals surface area contributed by atoms with Crippen LogP contribution in [-0.4, -0.2) is 31.4 Å². The van der Waals surface area contributed by atoms with Crippen LogP contribution in [0.5, 0.6) is 5.75 Å². The van der Waals surface area contributed by atoms with Crippen molar-refractivity contribution in [1.29, 1.82) is 0 Å². The van der Waals surface area contributed by atoms with Gasteiger partial charge >= 0.3 is 6.03 Å². The van der Waals surface area contributed by atoms with E-state index in [0.29, 0.717) is 29.2 Å². The van der Waals surface area contributed by atoms with Crippen LogP contribution < -0.4 is 10.6 Å². The molecule has 0 spiro atoms. The lowest BCUT2D eigenvalue weighted by Crippen LogP contribution is -2.30. The number of nitrogens with zero attached hydrogens (tertiary/aromatic N) is 3. The third-order valence-electron chi connectivity index (χ3n) is 6.32. The van der Waals surface area contributed by atoms with E-state index >= 15 is 0 Å². The van der Waals surface area contributed by atoms with Gasteiger partial charge in [0.2, 0.25) is 0 Å². The molecule has 0 radical (unpaired) electrons. The minimum absolute atomic E-state index is 0.0259. The molecule has 3 N–H and O–H groups in total. The molecule has 1 fully saturated rings. The van der Waals surface area contributed by atoms with Gasteiger partial charge in [0.15, 0.2) is 0 Å². The van der Waals surface area contributed by atoms with Crippen molar-refractivity contribution in [3.63, 3.8) is 0 Å². The van der Waals surface area contributed by atoms with Crippen molar-refractivity contribution in [2.24, 2.45) is 7.05 Å². The summed E-state index contributed by atoms with van der Waals surface area (Å²) in [6.45, 7) is 2.42. The molecule has 0 bridgehead atoms. The molecule has 5 rings (SSSR count). The molecule has 178 valence electrons. The largest absolute Gasteiger partial charge is 0.507 e. The van der Waals surface area contributed by atoms with E-state index < -0.39 is 0 Å². The van der Waals surface area contributed by atoms with Gasteiger partial charge in [-0.05, 0) is 61.2 Å². The van der Waals surface area contributed by atoms with Crippen LogP contribution in [-0.2, 0) is 13.6 Å². The Labute approximate surface area is 203 Å². The molecular weight excluding hydrogens is 442 g/mol. The number of carbonyl (C=O) groups is 2. The van der Waals surface area contributed by atoms with Gasteiger partial charge in [0.1, 0.15) is 11.4 Å². The average Bonchev–Trinajstić information content (AvgIpc) is 3.44. The number of anilines is 1. The van der Waals surface area contributed by atoms with Crippen LogP contribution in [0.3, 0.4) is 0 Å². The van der Waals surface area contributed by atoms with Crippen molar-refractivity contribution < 1.29 is 14.7 Å². The van der Waals surface area contributed by atoms with E-state index in [-0.39, 0.29) is 23.6 Å². The minimum atomic E-state index is -0.299. The molecule has 0 saturated heterocycles. The summed E-state index contributed by atoms with van der Waals surface area (Å²) in [5, 5.41) is 21.0. The maximum absolute atomic E-state index is 13.0. The van der Waals surface area contributed by atoms with Gasteiger partial charge in [0, 0.05) is 43.0 Å². The van der Waals surface area contributed by atoms with Crippen LogP contribution in [0, 0.1) is 6.92 Å². The zero-order chi connectivity index (χ0) is 24.5. The normalized spacial score (nSPS) is 13.0. The molecule has 2 aromatic carbocycles. The summed E-state index contributed by atoms with van der Waals surface area (Å²) >= 11 is 0. The van der Waals surface area contributed by atoms with E-state index in [2.05, 4.69) is 15.7 Å². The Hall–Kier alpha value is -4.33. The highest BCUT2D eigenvalue weighted by Crippen LogP contribution is 2.42. The van der Waals surface area contributed by atoms with Crippen LogP contribution in [0.25, 0.3) is 11.3 Å². The Morgan fingerprint density at radius 2 is 1.89 bits per heavy atom. The standard InChI is InChI=1S/C27H27N5O3/c1-17-6-3-4-7-19(17)16-28-27(35)32-24(18-9-10-18)15-22(30-32)21-12-11-20(14-25(21)33)29-26(34)23-8-5-13-31(23)2/h3-8,11-15,18,33H,9-10,16H2,1-2H3,(H,28,35)(H,29,34). The van der Waals surface area contributed by atoms with Crippen LogP contribution in [0.4, 0.5) is 10.5 Å². The molecule has 1 aliphatic rings. The zero-order valence-corrected chi connectivity index (χ0v) is 19.7. The highest BCUT2D eigenvalue weighted by atomic mass is 16.3. The predicted molar refractivity (Wildman–Crippen MR) is 133 cm³/mol. The van der Waals surface area contributed by atoms with Crippen molar-refractivity contribution in [2.45, 2.75) is 32.2 Å². The third-order valence-corrected chi connectivity index (χ3v) is 6.32. The number of hydrogen-bond donors (Lipinski definition) is 3. The number of hydrogen-bond acceptors (Lipinski definition) is 4. The number of aryl methyl sites for hydroxylation is 2. The molecule has 0 atom stereocenters. The first-order valence-electron chi connectivity index (χ1n) is 11.6. The van der Waals surface area contributed by atoms with E-state index in [1.165, 1.54) is 10.7 Å². The van der Waals surface area contributed by atoms with Gasteiger partial charge in [-0.25, -0.2) is 4.79 Å². The highest BCUT2D eigenvalue weighted by molar-refractivity contribution is 6.03. The summed E-state index contributed by atoms with van der Waals surface area (Å²) in [6, 6.07) is 17.9. The van der Waals surface area contributed by atoms with Gasteiger partial charge in [0.05, 0.1) is 11.4 Å². The number of carbonyl (C=O) groups excluding carboxylic acids is 2. The molecule has 0 aliphatic heterocycles. The quantitative estimate of drug-likeness (QED) is 0.378. The molecule has 8 nitrogen and oxygen atoms in total. The number of aromatic nitrogens is 3. The number of amides is 2. The summed E-state index contributed by atoms with van der Waals surface area (Å²) in [4.78, 5) is 25.5. The average molecular weight is 470 g/mol. The Balaban J connectivity index is 1.36. The van der Waals surface area contributed by atoms with E-state index in [1.807, 2.05) is 37.3 Å². The summed E-state index contributed by atoms with van der Waals surface area (Å²) < 4.78 is 3.13. The van der Waals surface area contributed by atoms with E-state index in [4.69, 9.17) is 0 Å². The Morgan fingerprint density at radius 1 is 1.09 bits per heavy atom. The fourth-order valence-corrected chi connectivity index (χ4v) is 4.13. The first-order valence-corrected chi connectivity index (χ1v) is 11.6. The molecule has 2 amide bonds. The number of phenolic OH excluding ortho intramolecular Hbond substituents is 1. The maximum atomic E-state index is 13.0. The molecular formula is C27H27N5O3. The number of nitrogens with one attached hydrogen (secondary N) is 2.